The Hall–Kier alpha value is -3.56. The van der Waals surface area contributed by atoms with Crippen LogP contribution in [0, 0.1) is 6.92 Å². The van der Waals surface area contributed by atoms with Crippen LogP contribution in [-0.4, -0.2) is 44.3 Å². The summed E-state index contributed by atoms with van der Waals surface area (Å²) in [6.07, 6.45) is 1.85. The van der Waals surface area contributed by atoms with Gasteiger partial charge in [-0.15, -0.1) is 0 Å². The highest BCUT2D eigenvalue weighted by Gasteiger charge is 2.35. The standard InChI is InChI=1S/C35H36Cl3N3O4S/c1-3-4-17-39-35(43)33(19-26-9-6-5-7-10-26)40(23-27-11-8-12-28(36)18-27)34(42)24-41(31-21-29(37)20-30(38)22-31)46(44,45)32-15-13-25(2)14-16-32/h5-16,18,20-22,33H,3-4,17,19,23-24H2,1-2H3,(H,39,43)/t33-/m0/s1. The summed E-state index contributed by atoms with van der Waals surface area (Å²) >= 11 is 18.9. The molecule has 0 radical (unpaired) electrons. The Balaban J connectivity index is 1.81. The molecular weight excluding hydrogens is 665 g/mol. The maximum absolute atomic E-state index is 14.5. The molecule has 0 aliphatic heterocycles. The normalized spacial score (nSPS) is 11.9. The quantitative estimate of drug-likeness (QED) is 0.137. The van der Waals surface area contributed by atoms with E-state index in [1.54, 1.807) is 36.4 Å². The number of amides is 2. The minimum Gasteiger partial charge on any atom is -0.354 e. The van der Waals surface area contributed by atoms with E-state index in [-0.39, 0.29) is 39.5 Å². The van der Waals surface area contributed by atoms with E-state index in [0.29, 0.717) is 17.1 Å². The summed E-state index contributed by atoms with van der Waals surface area (Å²) in [4.78, 5) is 29.8. The van der Waals surface area contributed by atoms with Crippen molar-refractivity contribution in [1.29, 1.82) is 0 Å². The fourth-order valence-corrected chi connectivity index (χ4v) is 7.07. The van der Waals surface area contributed by atoms with Gasteiger partial charge in [0, 0.05) is 34.6 Å². The lowest BCUT2D eigenvalue weighted by atomic mass is 10.0. The molecule has 0 fully saturated rings. The minimum absolute atomic E-state index is 0.00676. The molecule has 4 aromatic rings. The lowest BCUT2D eigenvalue weighted by Gasteiger charge is -2.34. The van der Waals surface area contributed by atoms with Crippen molar-refractivity contribution in [3.63, 3.8) is 0 Å². The van der Waals surface area contributed by atoms with Crippen molar-refractivity contribution in [3.05, 3.63) is 129 Å². The topological polar surface area (TPSA) is 86.8 Å². The number of sulfonamides is 1. The number of hydrogen-bond acceptors (Lipinski definition) is 4. The Morgan fingerprint density at radius 1 is 0.804 bits per heavy atom. The van der Waals surface area contributed by atoms with Crippen LogP contribution in [0.5, 0.6) is 0 Å². The van der Waals surface area contributed by atoms with Crippen LogP contribution >= 0.6 is 34.8 Å². The SMILES string of the molecule is CCCCNC(=O)[C@H](Cc1ccccc1)N(Cc1cccc(Cl)c1)C(=O)CN(c1cc(Cl)cc(Cl)c1)S(=O)(=O)c1ccc(C)cc1. The molecule has 46 heavy (non-hydrogen) atoms. The minimum atomic E-state index is -4.29. The van der Waals surface area contributed by atoms with E-state index in [0.717, 1.165) is 28.3 Å². The number of carbonyl (C=O) groups excluding carboxylic acids is 2. The zero-order valence-electron chi connectivity index (χ0n) is 25.6. The highest BCUT2D eigenvalue weighted by atomic mass is 35.5. The first-order chi connectivity index (χ1) is 22.0. The van der Waals surface area contributed by atoms with E-state index in [1.807, 2.05) is 44.2 Å². The second kappa shape index (κ2) is 16.3. The van der Waals surface area contributed by atoms with Gasteiger partial charge in [0.25, 0.3) is 10.0 Å². The van der Waals surface area contributed by atoms with Gasteiger partial charge in [0.2, 0.25) is 11.8 Å². The van der Waals surface area contributed by atoms with Crippen LogP contribution in [0.15, 0.2) is 102 Å². The van der Waals surface area contributed by atoms with Crippen molar-refractivity contribution in [2.24, 2.45) is 0 Å². The Kier molecular flexibility index (Phi) is 12.5. The summed E-state index contributed by atoms with van der Waals surface area (Å²) in [5, 5.41) is 3.84. The number of rotatable bonds is 14. The van der Waals surface area contributed by atoms with Gasteiger partial charge < -0.3 is 10.2 Å². The lowest BCUT2D eigenvalue weighted by Crippen LogP contribution is -2.53. The monoisotopic (exact) mass is 699 g/mol. The zero-order chi connectivity index (χ0) is 33.3. The molecule has 0 spiro atoms. The average Bonchev–Trinajstić information content (AvgIpc) is 3.01. The number of nitrogens with one attached hydrogen (secondary N) is 1. The molecule has 0 aliphatic carbocycles. The third kappa shape index (κ3) is 9.48. The van der Waals surface area contributed by atoms with Crippen molar-refractivity contribution < 1.29 is 18.0 Å². The first-order valence-corrected chi connectivity index (χ1v) is 17.5. The number of nitrogens with zero attached hydrogens (tertiary/aromatic N) is 2. The molecule has 1 N–H and O–H groups in total. The van der Waals surface area contributed by atoms with Crippen LogP contribution in [0.25, 0.3) is 0 Å². The Labute approximate surface area is 286 Å². The van der Waals surface area contributed by atoms with E-state index in [9.17, 15) is 18.0 Å². The number of benzene rings is 4. The van der Waals surface area contributed by atoms with Crippen molar-refractivity contribution in [2.45, 2.75) is 50.6 Å². The molecule has 0 bridgehead atoms. The molecule has 2 amide bonds. The third-order valence-corrected chi connectivity index (χ3v) is 9.83. The third-order valence-electron chi connectivity index (χ3n) is 7.37. The number of anilines is 1. The smallest absolute Gasteiger partial charge is 0.264 e. The van der Waals surface area contributed by atoms with Crippen LogP contribution in [0.4, 0.5) is 5.69 Å². The summed E-state index contributed by atoms with van der Waals surface area (Å²) in [6, 6.07) is 26.1. The van der Waals surface area contributed by atoms with Crippen LogP contribution in [0.1, 0.15) is 36.5 Å². The molecule has 0 saturated carbocycles. The molecule has 0 aromatic heterocycles. The van der Waals surface area contributed by atoms with E-state index in [4.69, 9.17) is 34.8 Å². The van der Waals surface area contributed by atoms with Crippen LogP contribution < -0.4 is 9.62 Å². The predicted octanol–water partition coefficient (Wildman–Crippen LogP) is 7.71. The molecule has 242 valence electrons. The Morgan fingerprint density at radius 3 is 2.09 bits per heavy atom. The van der Waals surface area contributed by atoms with Gasteiger partial charge in [0.1, 0.15) is 12.6 Å². The van der Waals surface area contributed by atoms with E-state index in [2.05, 4.69) is 5.32 Å². The zero-order valence-corrected chi connectivity index (χ0v) is 28.7. The molecule has 1 atom stereocenters. The van der Waals surface area contributed by atoms with Gasteiger partial charge in [-0.3, -0.25) is 13.9 Å². The van der Waals surface area contributed by atoms with Gasteiger partial charge in [0.05, 0.1) is 10.6 Å². The van der Waals surface area contributed by atoms with Crippen LogP contribution in [-0.2, 0) is 32.6 Å². The fraction of sp³-hybridized carbons (Fsp3) is 0.257. The van der Waals surface area contributed by atoms with E-state index < -0.39 is 28.5 Å². The van der Waals surface area contributed by atoms with E-state index >= 15 is 0 Å². The van der Waals surface area contributed by atoms with Gasteiger partial charge >= 0.3 is 0 Å². The molecule has 4 aromatic carbocycles. The number of hydrogen-bond donors (Lipinski definition) is 1. The molecule has 0 heterocycles. The van der Waals surface area contributed by atoms with Crippen molar-refractivity contribution in [1.82, 2.24) is 10.2 Å². The lowest BCUT2D eigenvalue weighted by molar-refractivity contribution is -0.140. The van der Waals surface area contributed by atoms with Crippen molar-refractivity contribution in [3.8, 4) is 0 Å². The molecule has 0 aliphatic rings. The number of halogens is 3. The van der Waals surface area contributed by atoms with Crippen molar-refractivity contribution >= 4 is 62.3 Å². The Morgan fingerprint density at radius 2 is 1.46 bits per heavy atom. The summed E-state index contributed by atoms with van der Waals surface area (Å²) in [5.74, 6) is -0.940. The fourth-order valence-electron chi connectivity index (χ4n) is 4.94. The average molecular weight is 701 g/mol. The molecule has 4 rings (SSSR count). The summed E-state index contributed by atoms with van der Waals surface area (Å²) < 4.78 is 29.3. The second-order valence-corrected chi connectivity index (χ2v) is 14.1. The van der Waals surface area contributed by atoms with E-state index in [1.165, 1.54) is 35.2 Å². The molecular formula is C35H36Cl3N3O4S. The first-order valence-electron chi connectivity index (χ1n) is 14.9. The Bertz CT molecular complexity index is 1730. The van der Waals surface area contributed by atoms with Crippen LogP contribution in [0.3, 0.4) is 0 Å². The van der Waals surface area contributed by atoms with Crippen molar-refractivity contribution in [2.75, 3.05) is 17.4 Å². The maximum atomic E-state index is 14.5. The maximum Gasteiger partial charge on any atom is 0.264 e. The molecule has 11 heteroatoms. The highest BCUT2D eigenvalue weighted by molar-refractivity contribution is 7.92. The van der Waals surface area contributed by atoms with Gasteiger partial charge in [-0.05, 0) is 66.9 Å². The number of unbranched alkanes of at least 4 members (excludes halogenated alkanes) is 1. The molecule has 0 saturated heterocycles. The largest absolute Gasteiger partial charge is 0.354 e. The number of aryl methyl sites for hydroxylation is 1. The second-order valence-electron chi connectivity index (χ2n) is 11.0. The number of carbonyl (C=O) groups is 2. The molecule has 0 unspecified atom stereocenters. The van der Waals surface area contributed by atoms with Gasteiger partial charge in [-0.25, -0.2) is 8.42 Å². The predicted molar refractivity (Wildman–Crippen MR) is 186 cm³/mol. The summed E-state index contributed by atoms with van der Waals surface area (Å²) in [7, 11) is -4.29. The first kappa shape index (κ1) is 35.3. The summed E-state index contributed by atoms with van der Waals surface area (Å²) in [5.41, 5.74) is 2.51. The van der Waals surface area contributed by atoms with Gasteiger partial charge in [0.15, 0.2) is 0 Å². The van der Waals surface area contributed by atoms with Gasteiger partial charge in [-0.2, -0.15) is 0 Å². The van der Waals surface area contributed by atoms with Gasteiger partial charge in [-0.1, -0.05) is 108 Å². The molecule has 7 nitrogen and oxygen atoms in total. The highest BCUT2D eigenvalue weighted by Crippen LogP contribution is 2.30. The summed E-state index contributed by atoms with van der Waals surface area (Å²) in [6.45, 7) is 3.69. The van der Waals surface area contributed by atoms with Crippen LogP contribution in [0.2, 0.25) is 15.1 Å².